The summed E-state index contributed by atoms with van der Waals surface area (Å²) in [5, 5.41) is 14.6. The molecule has 1 atom stereocenters. The summed E-state index contributed by atoms with van der Waals surface area (Å²) in [4.78, 5) is 0. The number of hydrogen-bond donors (Lipinski definition) is 1. The van der Waals surface area contributed by atoms with Crippen LogP contribution in [0, 0.1) is 11.8 Å². The number of hydrogen-bond acceptors (Lipinski definition) is 3. The van der Waals surface area contributed by atoms with E-state index in [0.29, 0.717) is 10.7 Å². The number of methoxy groups -OCH3 is 1. The Kier molecular flexibility index (Phi) is 5.08. The fraction of sp³-hybridized carbons (Fsp3) is 0.150. The highest BCUT2D eigenvalue weighted by Crippen LogP contribution is 2.26. The molecular weight excluding hydrogens is 336 g/mol. The second-order valence-electron chi connectivity index (χ2n) is 5.48. The summed E-state index contributed by atoms with van der Waals surface area (Å²) >= 11 is 5.99. The van der Waals surface area contributed by atoms with Crippen molar-refractivity contribution in [2.75, 3.05) is 7.11 Å². The summed E-state index contributed by atoms with van der Waals surface area (Å²) in [6.07, 6.45) is -0.704. The fourth-order valence-electron chi connectivity index (χ4n) is 2.37. The van der Waals surface area contributed by atoms with Crippen molar-refractivity contribution in [1.82, 2.24) is 9.78 Å². The van der Waals surface area contributed by atoms with Crippen molar-refractivity contribution in [2.45, 2.75) is 13.0 Å². The number of aromatic nitrogens is 2. The lowest BCUT2D eigenvalue weighted by atomic mass is 10.1. The van der Waals surface area contributed by atoms with Crippen LogP contribution in [-0.4, -0.2) is 28.1 Å². The predicted octanol–water partition coefficient (Wildman–Crippen LogP) is 3.93. The number of benzene rings is 2. The van der Waals surface area contributed by atoms with Crippen molar-refractivity contribution in [3.63, 3.8) is 0 Å². The van der Waals surface area contributed by atoms with Gasteiger partial charge in [-0.1, -0.05) is 29.7 Å². The van der Waals surface area contributed by atoms with E-state index in [4.69, 9.17) is 16.3 Å². The maximum atomic E-state index is 9.38. The van der Waals surface area contributed by atoms with E-state index in [2.05, 4.69) is 16.9 Å². The van der Waals surface area contributed by atoms with Crippen molar-refractivity contribution >= 4 is 11.6 Å². The zero-order valence-corrected chi connectivity index (χ0v) is 14.7. The van der Waals surface area contributed by atoms with E-state index < -0.39 is 6.10 Å². The molecule has 0 saturated heterocycles. The van der Waals surface area contributed by atoms with Crippen LogP contribution in [0.4, 0.5) is 0 Å². The first-order valence-electron chi connectivity index (χ1n) is 7.77. The maximum absolute atomic E-state index is 9.38. The lowest BCUT2D eigenvalue weighted by Crippen LogP contribution is -1.99. The highest BCUT2D eigenvalue weighted by Gasteiger charge is 2.11. The molecule has 1 heterocycles. The molecule has 0 aliphatic heterocycles. The van der Waals surface area contributed by atoms with Crippen LogP contribution < -0.4 is 4.74 Å². The van der Waals surface area contributed by atoms with Gasteiger partial charge in [0, 0.05) is 16.7 Å². The second kappa shape index (κ2) is 7.43. The Morgan fingerprint density at radius 2 is 1.80 bits per heavy atom. The third kappa shape index (κ3) is 4.03. The lowest BCUT2D eigenvalue weighted by molar-refractivity contribution is 0.253. The third-order valence-electron chi connectivity index (χ3n) is 3.58. The van der Waals surface area contributed by atoms with Gasteiger partial charge in [-0.3, -0.25) is 0 Å². The molecule has 0 radical (unpaired) electrons. The van der Waals surface area contributed by atoms with Crippen LogP contribution in [-0.2, 0) is 0 Å². The standard InChI is InChI=1S/C20H17ClN2O2/c1-14(24)3-8-17-13-20(15-4-6-16(21)7-5-15)23(22-17)18-9-11-19(25-2)12-10-18/h4-7,9-14,24H,1-2H3. The third-order valence-corrected chi connectivity index (χ3v) is 3.83. The zero-order chi connectivity index (χ0) is 17.8. The summed E-state index contributed by atoms with van der Waals surface area (Å²) in [6.45, 7) is 1.62. The molecule has 25 heavy (non-hydrogen) atoms. The van der Waals surface area contributed by atoms with Gasteiger partial charge in [-0.2, -0.15) is 5.10 Å². The minimum Gasteiger partial charge on any atom is -0.497 e. The SMILES string of the molecule is COc1ccc(-n2nc(C#CC(C)O)cc2-c2ccc(Cl)cc2)cc1. The van der Waals surface area contributed by atoms with Crippen molar-refractivity contribution in [1.29, 1.82) is 0 Å². The van der Waals surface area contributed by atoms with Gasteiger partial charge in [0.15, 0.2) is 0 Å². The molecule has 0 saturated carbocycles. The quantitative estimate of drug-likeness (QED) is 0.726. The Bertz CT molecular complexity index is 917. The topological polar surface area (TPSA) is 47.3 Å². The molecule has 126 valence electrons. The van der Waals surface area contributed by atoms with Crippen LogP contribution in [0.1, 0.15) is 12.6 Å². The van der Waals surface area contributed by atoms with E-state index >= 15 is 0 Å². The number of aliphatic hydroxyl groups excluding tert-OH is 1. The molecule has 2 aromatic carbocycles. The highest BCUT2D eigenvalue weighted by atomic mass is 35.5. The van der Waals surface area contributed by atoms with E-state index in [1.54, 1.807) is 14.0 Å². The first-order chi connectivity index (χ1) is 12.1. The van der Waals surface area contributed by atoms with Gasteiger partial charge in [-0.25, -0.2) is 4.68 Å². The van der Waals surface area contributed by atoms with Crippen molar-refractivity contribution in [3.05, 3.63) is 65.3 Å². The second-order valence-corrected chi connectivity index (χ2v) is 5.91. The molecule has 0 aliphatic carbocycles. The Morgan fingerprint density at radius 1 is 1.12 bits per heavy atom. The van der Waals surface area contributed by atoms with Crippen LogP contribution in [0.3, 0.4) is 0 Å². The number of halogens is 1. The molecule has 1 N–H and O–H groups in total. The van der Waals surface area contributed by atoms with Crippen molar-refractivity contribution < 1.29 is 9.84 Å². The largest absolute Gasteiger partial charge is 0.497 e. The average molecular weight is 353 g/mol. The summed E-state index contributed by atoms with van der Waals surface area (Å²) in [7, 11) is 1.63. The molecular formula is C20H17ClN2O2. The molecule has 1 unspecified atom stereocenters. The first kappa shape index (κ1) is 17.1. The normalized spacial score (nSPS) is 11.5. The van der Waals surface area contributed by atoms with Gasteiger partial charge in [0.25, 0.3) is 0 Å². The van der Waals surface area contributed by atoms with Gasteiger partial charge in [-0.15, -0.1) is 0 Å². The van der Waals surface area contributed by atoms with E-state index in [1.807, 2.05) is 59.3 Å². The van der Waals surface area contributed by atoms with E-state index in [-0.39, 0.29) is 0 Å². The average Bonchev–Trinajstić information content (AvgIpc) is 3.05. The first-order valence-corrected chi connectivity index (χ1v) is 8.14. The number of aliphatic hydroxyl groups is 1. The minimum atomic E-state index is -0.704. The Hall–Kier alpha value is -2.74. The predicted molar refractivity (Wildman–Crippen MR) is 99.1 cm³/mol. The monoisotopic (exact) mass is 352 g/mol. The van der Waals surface area contributed by atoms with E-state index in [1.165, 1.54) is 0 Å². The molecule has 3 rings (SSSR count). The van der Waals surface area contributed by atoms with Crippen LogP contribution in [0.5, 0.6) is 5.75 Å². The van der Waals surface area contributed by atoms with E-state index in [9.17, 15) is 5.11 Å². The van der Waals surface area contributed by atoms with E-state index in [0.717, 1.165) is 22.7 Å². The molecule has 4 nitrogen and oxygen atoms in total. The van der Waals surface area contributed by atoms with Gasteiger partial charge < -0.3 is 9.84 Å². The Labute approximate surface area is 151 Å². The Morgan fingerprint density at radius 3 is 2.40 bits per heavy atom. The van der Waals surface area contributed by atoms with Crippen LogP contribution >= 0.6 is 11.6 Å². The van der Waals surface area contributed by atoms with Gasteiger partial charge in [0.1, 0.15) is 17.5 Å². The number of nitrogens with zero attached hydrogens (tertiary/aromatic N) is 2. The Balaban J connectivity index is 2.10. The van der Waals surface area contributed by atoms with Crippen molar-refractivity contribution in [3.8, 4) is 34.5 Å². The minimum absolute atomic E-state index is 0.585. The molecule has 0 aliphatic rings. The summed E-state index contributed by atoms with van der Waals surface area (Å²) in [6, 6.07) is 17.0. The molecule has 0 bridgehead atoms. The summed E-state index contributed by atoms with van der Waals surface area (Å²) in [5.74, 6) is 6.39. The smallest absolute Gasteiger partial charge is 0.136 e. The molecule has 5 heteroatoms. The summed E-state index contributed by atoms with van der Waals surface area (Å²) in [5.41, 5.74) is 3.33. The number of rotatable bonds is 3. The molecule has 0 fully saturated rings. The number of ether oxygens (including phenoxy) is 1. The molecule has 1 aromatic heterocycles. The molecule has 0 spiro atoms. The summed E-state index contributed by atoms with van der Waals surface area (Å²) < 4.78 is 7.02. The fourth-order valence-corrected chi connectivity index (χ4v) is 2.49. The van der Waals surface area contributed by atoms with Gasteiger partial charge in [-0.05, 0) is 49.2 Å². The lowest BCUT2D eigenvalue weighted by Gasteiger charge is -2.08. The molecule has 0 amide bonds. The van der Waals surface area contributed by atoms with Gasteiger partial charge >= 0.3 is 0 Å². The highest BCUT2D eigenvalue weighted by molar-refractivity contribution is 6.30. The maximum Gasteiger partial charge on any atom is 0.136 e. The zero-order valence-electron chi connectivity index (χ0n) is 13.9. The van der Waals surface area contributed by atoms with Gasteiger partial charge in [0.05, 0.1) is 18.5 Å². The molecule has 3 aromatic rings. The van der Waals surface area contributed by atoms with Crippen molar-refractivity contribution in [2.24, 2.45) is 0 Å². The van der Waals surface area contributed by atoms with Crippen LogP contribution in [0.25, 0.3) is 16.9 Å². The van der Waals surface area contributed by atoms with Crippen LogP contribution in [0.2, 0.25) is 5.02 Å². The van der Waals surface area contributed by atoms with Crippen LogP contribution in [0.15, 0.2) is 54.6 Å². The van der Waals surface area contributed by atoms with Gasteiger partial charge in [0.2, 0.25) is 0 Å².